The molecule has 3 N–H and O–H groups in total. The van der Waals surface area contributed by atoms with E-state index in [1.807, 2.05) is 6.26 Å². The van der Waals surface area contributed by atoms with E-state index >= 15 is 0 Å². The Morgan fingerprint density at radius 1 is 0.966 bits per heavy atom. The number of amides is 3. The molecule has 9 heteroatoms. The van der Waals surface area contributed by atoms with Gasteiger partial charge in [-0.25, -0.2) is 0 Å². The van der Waals surface area contributed by atoms with Crippen LogP contribution in [0.5, 0.6) is 11.5 Å². The van der Waals surface area contributed by atoms with Crippen LogP contribution in [0.15, 0.2) is 48.5 Å². The van der Waals surface area contributed by atoms with E-state index in [9.17, 15) is 14.4 Å². The number of thioether (sulfide) groups is 1. The van der Waals surface area contributed by atoms with Gasteiger partial charge in [-0.2, -0.15) is 11.8 Å². The molecule has 2 aromatic carbocycles. The lowest BCUT2D eigenvalue weighted by Crippen LogP contribution is -2.52. The summed E-state index contributed by atoms with van der Waals surface area (Å²) in [5.74, 6) is 0.341. The number of ether oxygens (including phenoxy) is 2. The van der Waals surface area contributed by atoms with E-state index < -0.39 is 17.9 Å². The Morgan fingerprint density at radius 3 is 2.48 bits per heavy atom. The minimum atomic E-state index is -0.785. The number of carbonyl (C=O) groups is 3. The van der Waals surface area contributed by atoms with Gasteiger partial charge < -0.3 is 14.8 Å². The summed E-state index contributed by atoms with van der Waals surface area (Å²) in [5, 5.41) is 2.71. The van der Waals surface area contributed by atoms with E-state index in [0.29, 0.717) is 34.8 Å². The molecule has 0 saturated heterocycles. The van der Waals surface area contributed by atoms with Crippen molar-refractivity contribution in [1.29, 1.82) is 0 Å². The molecule has 2 aromatic rings. The molecule has 152 valence electrons. The molecule has 3 amide bonds. The third kappa shape index (κ3) is 5.41. The second kappa shape index (κ2) is 9.83. The maximum Gasteiger partial charge on any atom is 0.269 e. The SMILES string of the molecule is CSCC[C@@H](NC(=O)c1ccccc1)C(=O)NNC(=O)c1ccc2c(c1)OCO2. The summed E-state index contributed by atoms with van der Waals surface area (Å²) in [6.45, 7) is 0.107. The molecule has 8 nitrogen and oxygen atoms in total. The maximum absolute atomic E-state index is 12.5. The average molecular weight is 415 g/mol. The fraction of sp³-hybridized carbons (Fsp3) is 0.250. The molecular formula is C20H21N3O5S. The van der Waals surface area contributed by atoms with Crippen LogP contribution in [-0.2, 0) is 4.79 Å². The van der Waals surface area contributed by atoms with E-state index in [0.717, 1.165) is 0 Å². The predicted molar refractivity (Wildman–Crippen MR) is 109 cm³/mol. The molecule has 0 aromatic heterocycles. The van der Waals surface area contributed by atoms with Gasteiger partial charge in [0.15, 0.2) is 11.5 Å². The van der Waals surface area contributed by atoms with Gasteiger partial charge in [-0.1, -0.05) is 18.2 Å². The Balaban J connectivity index is 1.59. The van der Waals surface area contributed by atoms with Crippen LogP contribution >= 0.6 is 11.8 Å². The molecule has 1 atom stereocenters. The molecule has 1 aliphatic rings. The standard InChI is InChI=1S/C20H21N3O5S/c1-29-10-9-15(21-18(24)13-5-3-2-4-6-13)20(26)23-22-19(25)14-7-8-16-17(11-14)28-12-27-16/h2-8,11,15H,9-10,12H2,1H3,(H,21,24)(H,22,25)(H,23,26)/t15-/m1/s1. The monoisotopic (exact) mass is 415 g/mol. The number of hydrogen-bond donors (Lipinski definition) is 3. The van der Waals surface area contributed by atoms with Crippen molar-refractivity contribution in [3.8, 4) is 11.5 Å². The lowest BCUT2D eigenvalue weighted by Gasteiger charge is -2.18. The molecular weight excluding hydrogens is 394 g/mol. The minimum absolute atomic E-state index is 0.107. The smallest absolute Gasteiger partial charge is 0.269 e. The number of hydrazine groups is 1. The van der Waals surface area contributed by atoms with Crippen LogP contribution in [0.25, 0.3) is 0 Å². The Hall–Kier alpha value is -3.20. The largest absolute Gasteiger partial charge is 0.454 e. The molecule has 0 bridgehead atoms. The van der Waals surface area contributed by atoms with Crippen LogP contribution < -0.4 is 25.6 Å². The average Bonchev–Trinajstić information content (AvgIpc) is 3.23. The van der Waals surface area contributed by atoms with Crippen LogP contribution in [0.2, 0.25) is 0 Å². The van der Waals surface area contributed by atoms with E-state index in [2.05, 4.69) is 16.2 Å². The zero-order valence-corrected chi connectivity index (χ0v) is 16.6. The van der Waals surface area contributed by atoms with Crippen molar-refractivity contribution in [3.63, 3.8) is 0 Å². The highest BCUT2D eigenvalue weighted by atomic mass is 32.2. The van der Waals surface area contributed by atoms with Crippen molar-refractivity contribution in [3.05, 3.63) is 59.7 Å². The van der Waals surface area contributed by atoms with Crippen molar-refractivity contribution >= 4 is 29.5 Å². The van der Waals surface area contributed by atoms with Gasteiger partial charge in [-0.3, -0.25) is 25.2 Å². The van der Waals surface area contributed by atoms with Crippen LogP contribution in [0.3, 0.4) is 0 Å². The maximum atomic E-state index is 12.5. The first-order chi connectivity index (χ1) is 14.1. The third-order valence-electron chi connectivity index (χ3n) is 4.20. The van der Waals surface area contributed by atoms with Crippen molar-refractivity contribution in [2.45, 2.75) is 12.5 Å². The Bertz CT molecular complexity index is 891. The summed E-state index contributed by atoms with van der Waals surface area (Å²) in [4.78, 5) is 37.2. The number of hydrogen-bond acceptors (Lipinski definition) is 6. The lowest BCUT2D eigenvalue weighted by molar-refractivity contribution is -0.123. The molecule has 0 fully saturated rings. The molecule has 1 heterocycles. The second-order valence-corrected chi connectivity index (χ2v) is 7.17. The molecule has 0 aliphatic carbocycles. The zero-order chi connectivity index (χ0) is 20.6. The number of fused-ring (bicyclic) bond motifs is 1. The summed E-state index contributed by atoms with van der Waals surface area (Å²) in [5.41, 5.74) is 5.51. The molecule has 3 rings (SSSR count). The molecule has 0 unspecified atom stereocenters. The fourth-order valence-electron chi connectivity index (χ4n) is 2.65. The van der Waals surface area contributed by atoms with Crippen molar-refractivity contribution in [2.75, 3.05) is 18.8 Å². The summed E-state index contributed by atoms with van der Waals surface area (Å²) in [6, 6.07) is 12.6. The molecule has 29 heavy (non-hydrogen) atoms. The van der Waals surface area contributed by atoms with Gasteiger partial charge in [0.1, 0.15) is 6.04 Å². The predicted octanol–water partition coefficient (Wildman–Crippen LogP) is 1.73. The van der Waals surface area contributed by atoms with E-state index in [1.165, 1.54) is 6.07 Å². The highest BCUT2D eigenvalue weighted by Gasteiger charge is 2.22. The van der Waals surface area contributed by atoms with Gasteiger partial charge in [-0.15, -0.1) is 0 Å². The summed E-state index contributed by atoms with van der Waals surface area (Å²) in [6.07, 6.45) is 2.33. The fourth-order valence-corrected chi connectivity index (χ4v) is 3.12. The van der Waals surface area contributed by atoms with E-state index in [4.69, 9.17) is 9.47 Å². The van der Waals surface area contributed by atoms with Crippen LogP contribution in [-0.4, -0.2) is 42.6 Å². The topological polar surface area (TPSA) is 106 Å². The van der Waals surface area contributed by atoms with E-state index in [1.54, 1.807) is 54.2 Å². The van der Waals surface area contributed by atoms with Crippen molar-refractivity contribution in [2.24, 2.45) is 0 Å². The first-order valence-electron chi connectivity index (χ1n) is 8.93. The highest BCUT2D eigenvalue weighted by molar-refractivity contribution is 7.98. The van der Waals surface area contributed by atoms with Gasteiger partial charge in [0, 0.05) is 11.1 Å². The minimum Gasteiger partial charge on any atom is -0.454 e. The normalized spacial score (nSPS) is 12.7. The lowest BCUT2D eigenvalue weighted by atomic mass is 10.1. The van der Waals surface area contributed by atoms with Crippen LogP contribution in [0.4, 0.5) is 0 Å². The zero-order valence-electron chi connectivity index (χ0n) is 15.8. The molecule has 0 spiro atoms. The molecule has 1 aliphatic heterocycles. The van der Waals surface area contributed by atoms with Gasteiger partial charge in [0.2, 0.25) is 6.79 Å². The summed E-state index contributed by atoms with van der Waals surface area (Å²) < 4.78 is 10.5. The Kier molecular flexibility index (Phi) is 6.96. The highest BCUT2D eigenvalue weighted by Crippen LogP contribution is 2.32. The summed E-state index contributed by atoms with van der Waals surface area (Å²) in [7, 11) is 0. The number of carbonyl (C=O) groups excluding carboxylic acids is 3. The van der Waals surface area contributed by atoms with E-state index in [-0.39, 0.29) is 12.7 Å². The van der Waals surface area contributed by atoms with Crippen molar-refractivity contribution in [1.82, 2.24) is 16.2 Å². The number of nitrogens with one attached hydrogen (secondary N) is 3. The van der Waals surface area contributed by atoms with Gasteiger partial charge in [0.25, 0.3) is 17.7 Å². The van der Waals surface area contributed by atoms with Gasteiger partial charge >= 0.3 is 0 Å². The quantitative estimate of drug-likeness (QED) is 0.595. The Morgan fingerprint density at radius 2 is 1.72 bits per heavy atom. The van der Waals surface area contributed by atoms with Gasteiger partial charge in [-0.05, 0) is 48.8 Å². The number of rotatable bonds is 7. The third-order valence-corrected chi connectivity index (χ3v) is 4.85. The van der Waals surface area contributed by atoms with Crippen LogP contribution in [0.1, 0.15) is 27.1 Å². The van der Waals surface area contributed by atoms with Gasteiger partial charge in [0.05, 0.1) is 0 Å². The first kappa shape index (κ1) is 20.5. The molecule has 0 radical (unpaired) electrons. The Labute approximate surface area is 172 Å². The van der Waals surface area contributed by atoms with Crippen molar-refractivity contribution < 1.29 is 23.9 Å². The molecule has 0 saturated carbocycles. The van der Waals surface area contributed by atoms with Crippen LogP contribution in [0, 0.1) is 0 Å². The second-order valence-electron chi connectivity index (χ2n) is 6.18. The summed E-state index contributed by atoms with van der Waals surface area (Å²) >= 11 is 1.56. The first-order valence-corrected chi connectivity index (χ1v) is 10.3. The number of benzene rings is 2.